The van der Waals surface area contributed by atoms with Gasteiger partial charge in [0.1, 0.15) is 24.1 Å². The Morgan fingerprint density at radius 2 is 1.87 bits per heavy atom. The second-order valence-corrected chi connectivity index (χ2v) is 13.9. The van der Waals surface area contributed by atoms with E-state index >= 15 is 4.39 Å². The van der Waals surface area contributed by atoms with Gasteiger partial charge in [0.15, 0.2) is 0 Å². The van der Waals surface area contributed by atoms with Gasteiger partial charge in [0.25, 0.3) is 0 Å². The van der Waals surface area contributed by atoms with Crippen molar-refractivity contribution in [3.63, 3.8) is 0 Å². The number of hydrogen-bond acceptors (Lipinski definition) is 6. The molecule has 2 bridgehead atoms. The van der Waals surface area contributed by atoms with Gasteiger partial charge in [-0.25, -0.2) is 14.0 Å². The first-order valence-corrected chi connectivity index (χ1v) is 16.0. The molecule has 5 rings (SSSR count). The number of halogens is 1. The van der Waals surface area contributed by atoms with E-state index in [1.807, 2.05) is 52.9 Å². The third-order valence-electron chi connectivity index (χ3n) is 9.20. The number of aryl methyl sites for hydroxylation is 1. The van der Waals surface area contributed by atoms with Gasteiger partial charge < -0.3 is 19.7 Å². The van der Waals surface area contributed by atoms with Crippen molar-refractivity contribution >= 4 is 18.0 Å². The minimum absolute atomic E-state index is 0.00721. The zero-order valence-corrected chi connectivity index (χ0v) is 27.2. The monoisotopic (exact) mass is 619 g/mol. The summed E-state index contributed by atoms with van der Waals surface area (Å²) >= 11 is 0. The quantitative estimate of drug-likeness (QED) is 0.319. The predicted octanol–water partition coefficient (Wildman–Crippen LogP) is 5.92. The molecule has 45 heavy (non-hydrogen) atoms. The Bertz CT molecular complexity index is 1470. The standard InChI is InChI=1S/C36H46FN3O5/c1-22(2)31(38-33(41)32-27-11-13-28(19-27)40(32)35(43)45-36(3,4)5)21-26-10-9-24(20-30(26)37)23-12-14-29-25(18-23)8-7-15-39(6)16-17-44-34(29)42/h9-10,12,14,18,20,27-28,31-32H,1,7-8,11,13,15-17,19,21H2,2-6H3,(H,38,41)/t27?,28?,31-,32-/m0/s1. The maximum atomic E-state index is 15.6. The van der Waals surface area contributed by atoms with Crippen LogP contribution >= 0.6 is 0 Å². The molecule has 1 saturated heterocycles. The summed E-state index contributed by atoms with van der Waals surface area (Å²) in [6.45, 7) is 13.3. The second-order valence-electron chi connectivity index (χ2n) is 13.9. The highest BCUT2D eigenvalue weighted by molar-refractivity contribution is 5.92. The SMILES string of the molecule is C=C(C)[C@H](Cc1ccc(-c2ccc3c(c2)CCCN(C)CCOC3=O)cc1F)NC(=O)[C@@H]1C2CCC(C2)N1C(=O)OC(C)(C)C. The van der Waals surface area contributed by atoms with E-state index in [9.17, 15) is 14.4 Å². The van der Waals surface area contributed by atoms with Gasteiger partial charge in [-0.1, -0.05) is 36.4 Å². The topological polar surface area (TPSA) is 88.2 Å². The Balaban J connectivity index is 1.30. The fourth-order valence-electron chi connectivity index (χ4n) is 6.82. The van der Waals surface area contributed by atoms with Gasteiger partial charge in [-0.15, -0.1) is 0 Å². The lowest BCUT2D eigenvalue weighted by atomic mass is 9.93. The normalized spacial score (nSPS) is 22.8. The molecule has 1 N–H and O–H groups in total. The van der Waals surface area contributed by atoms with E-state index in [1.165, 1.54) is 6.07 Å². The average molecular weight is 620 g/mol. The van der Waals surface area contributed by atoms with Crippen molar-refractivity contribution in [1.82, 2.24) is 15.1 Å². The summed E-state index contributed by atoms with van der Waals surface area (Å²) in [6.07, 6.45) is 3.91. The number of likely N-dealkylation sites (N-methyl/N-ethyl adjacent to an activating group) is 1. The number of nitrogens with zero attached hydrogens (tertiary/aromatic N) is 2. The number of carbonyl (C=O) groups is 3. The van der Waals surface area contributed by atoms with Crippen LogP contribution in [0.15, 0.2) is 48.6 Å². The molecule has 0 aromatic heterocycles. The zero-order chi connectivity index (χ0) is 32.5. The van der Waals surface area contributed by atoms with Crippen LogP contribution in [0.2, 0.25) is 0 Å². The molecule has 2 heterocycles. The molecule has 2 aromatic rings. The second kappa shape index (κ2) is 13.3. The molecular weight excluding hydrogens is 573 g/mol. The van der Waals surface area contributed by atoms with Gasteiger partial charge in [-0.2, -0.15) is 0 Å². The lowest BCUT2D eigenvalue weighted by Crippen LogP contribution is -2.55. The molecule has 2 fully saturated rings. The van der Waals surface area contributed by atoms with Crippen LogP contribution in [-0.2, 0) is 27.1 Å². The van der Waals surface area contributed by atoms with Gasteiger partial charge in [-0.3, -0.25) is 9.69 Å². The Morgan fingerprint density at radius 3 is 2.58 bits per heavy atom. The number of esters is 1. The van der Waals surface area contributed by atoms with E-state index < -0.39 is 23.8 Å². The summed E-state index contributed by atoms with van der Waals surface area (Å²) in [4.78, 5) is 43.2. The number of carbonyl (C=O) groups excluding carboxylic acids is 3. The largest absolute Gasteiger partial charge is 0.461 e. The molecule has 3 aliphatic rings. The van der Waals surface area contributed by atoms with Crippen LogP contribution in [0.3, 0.4) is 0 Å². The number of nitrogens with one attached hydrogen (secondary N) is 1. The summed E-state index contributed by atoms with van der Waals surface area (Å²) in [5.41, 5.74) is 3.46. The number of hydrogen-bond donors (Lipinski definition) is 1. The summed E-state index contributed by atoms with van der Waals surface area (Å²) in [6, 6.07) is 9.53. The first kappa shape index (κ1) is 32.7. The first-order chi connectivity index (χ1) is 21.3. The van der Waals surface area contributed by atoms with Crippen molar-refractivity contribution in [2.75, 3.05) is 26.7 Å². The maximum Gasteiger partial charge on any atom is 0.411 e. The van der Waals surface area contributed by atoms with Crippen LogP contribution in [0, 0.1) is 11.7 Å². The number of ether oxygens (including phenoxy) is 2. The van der Waals surface area contributed by atoms with Crippen molar-refractivity contribution in [3.05, 3.63) is 71.1 Å². The average Bonchev–Trinajstić information content (AvgIpc) is 3.59. The maximum absolute atomic E-state index is 15.6. The summed E-state index contributed by atoms with van der Waals surface area (Å²) < 4.78 is 26.7. The molecule has 0 spiro atoms. The van der Waals surface area contributed by atoms with E-state index in [4.69, 9.17) is 9.47 Å². The highest BCUT2D eigenvalue weighted by Gasteiger charge is 2.52. The van der Waals surface area contributed by atoms with Crippen LogP contribution in [0.5, 0.6) is 0 Å². The van der Waals surface area contributed by atoms with Crippen molar-refractivity contribution in [1.29, 1.82) is 0 Å². The van der Waals surface area contributed by atoms with Crippen molar-refractivity contribution in [3.8, 4) is 11.1 Å². The van der Waals surface area contributed by atoms with Gasteiger partial charge >= 0.3 is 12.1 Å². The molecular formula is C36H46FN3O5. The number of amides is 2. The van der Waals surface area contributed by atoms with Crippen molar-refractivity contribution in [2.24, 2.45) is 5.92 Å². The first-order valence-electron chi connectivity index (χ1n) is 16.0. The molecule has 9 heteroatoms. The summed E-state index contributed by atoms with van der Waals surface area (Å²) in [5, 5.41) is 3.07. The smallest absolute Gasteiger partial charge is 0.411 e. The van der Waals surface area contributed by atoms with Crippen LogP contribution in [0.25, 0.3) is 11.1 Å². The van der Waals surface area contributed by atoms with Gasteiger partial charge in [0.2, 0.25) is 5.91 Å². The molecule has 1 saturated carbocycles. The fraction of sp³-hybridized carbons (Fsp3) is 0.528. The van der Waals surface area contributed by atoms with Crippen molar-refractivity contribution in [2.45, 2.75) is 89.9 Å². The van der Waals surface area contributed by atoms with Crippen LogP contribution in [0.1, 0.15) is 74.9 Å². The van der Waals surface area contributed by atoms with Crippen LogP contribution < -0.4 is 5.32 Å². The van der Waals surface area contributed by atoms with E-state index in [0.29, 0.717) is 35.4 Å². The number of likely N-dealkylation sites (tertiary alicyclic amines) is 1. The predicted molar refractivity (Wildman–Crippen MR) is 171 cm³/mol. The summed E-state index contributed by atoms with van der Waals surface area (Å²) in [5.74, 6) is -0.897. The minimum Gasteiger partial charge on any atom is -0.461 e. The number of cyclic esters (lactones) is 1. The van der Waals surface area contributed by atoms with Crippen molar-refractivity contribution < 1.29 is 28.2 Å². The fourth-order valence-corrected chi connectivity index (χ4v) is 6.82. The third kappa shape index (κ3) is 7.57. The molecule has 2 unspecified atom stereocenters. The number of benzene rings is 2. The summed E-state index contributed by atoms with van der Waals surface area (Å²) in [7, 11) is 2.01. The lowest BCUT2D eigenvalue weighted by Gasteiger charge is -2.36. The third-order valence-corrected chi connectivity index (χ3v) is 9.20. The Hall–Kier alpha value is -3.72. The van der Waals surface area contributed by atoms with E-state index in [0.717, 1.165) is 49.8 Å². The minimum atomic E-state index is -0.663. The molecule has 1 aliphatic carbocycles. The van der Waals surface area contributed by atoms with Gasteiger partial charge in [0.05, 0.1) is 11.6 Å². The molecule has 242 valence electrons. The number of rotatable bonds is 6. The molecule has 2 aromatic carbocycles. The van der Waals surface area contributed by atoms with Gasteiger partial charge in [0, 0.05) is 12.6 Å². The molecule has 4 atom stereocenters. The van der Waals surface area contributed by atoms with Crippen LogP contribution in [0.4, 0.5) is 9.18 Å². The van der Waals surface area contributed by atoms with Crippen LogP contribution in [-0.4, -0.2) is 78.2 Å². The highest BCUT2D eigenvalue weighted by atomic mass is 19.1. The number of fused-ring (bicyclic) bond motifs is 3. The van der Waals surface area contributed by atoms with Gasteiger partial charge in [-0.05, 0) is 120 Å². The highest BCUT2D eigenvalue weighted by Crippen LogP contribution is 2.43. The molecule has 2 aliphatic heterocycles. The Morgan fingerprint density at radius 1 is 1.13 bits per heavy atom. The molecule has 2 amide bonds. The number of piperidine rings is 1. The molecule has 8 nitrogen and oxygen atoms in total. The van der Waals surface area contributed by atoms with E-state index in [-0.39, 0.29) is 36.1 Å². The Kier molecular flexibility index (Phi) is 9.68. The zero-order valence-electron chi connectivity index (χ0n) is 27.2. The van der Waals surface area contributed by atoms with E-state index in [1.54, 1.807) is 17.0 Å². The lowest BCUT2D eigenvalue weighted by molar-refractivity contribution is -0.128. The van der Waals surface area contributed by atoms with E-state index in [2.05, 4.69) is 16.8 Å². The Labute approximate surface area is 265 Å². The molecule has 0 radical (unpaired) electrons.